The van der Waals surface area contributed by atoms with Crippen LogP contribution in [0.4, 0.5) is 0 Å². The van der Waals surface area contributed by atoms with Gasteiger partial charge in [-0.2, -0.15) is 0 Å². The van der Waals surface area contributed by atoms with Crippen molar-refractivity contribution in [3.8, 4) is 0 Å². The molecule has 2 nitrogen and oxygen atoms in total. The van der Waals surface area contributed by atoms with Crippen LogP contribution in [0.5, 0.6) is 0 Å². The first kappa shape index (κ1) is 21.7. The van der Waals surface area contributed by atoms with Gasteiger partial charge in [0.2, 0.25) is 0 Å². The van der Waals surface area contributed by atoms with Gasteiger partial charge >= 0.3 is 0 Å². The molecule has 0 aliphatic heterocycles. The summed E-state index contributed by atoms with van der Waals surface area (Å²) < 4.78 is 6.03. The highest BCUT2D eigenvalue weighted by Gasteiger charge is 2.32. The molecule has 0 radical (unpaired) electrons. The molecule has 0 aromatic carbocycles. The molecule has 0 N–H and O–H groups in total. The van der Waals surface area contributed by atoms with Crippen molar-refractivity contribution in [2.75, 3.05) is 0 Å². The van der Waals surface area contributed by atoms with Gasteiger partial charge in [-0.05, 0) is 72.9 Å². The predicted octanol–water partition coefficient (Wildman–Crippen LogP) is 4.40. The largest absolute Gasteiger partial charge is 0.322 e. The highest BCUT2D eigenvalue weighted by atomic mass is 28.3. The second-order valence-corrected chi connectivity index (χ2v) is 15.8. The van der Waals surface area contributed by atoms with Crippen LogP contribution in [-0.4, -0.2) is 51.7 Å². The average Bonchev–Trinajstić information content (AvgIpc) is 2.54. The summed E-state index contributed by atoms with van der Waals surface area (Å²) in [4.78, 5) is 0. The maximum Gasteiger partial charge on any atom is 0.0941 e. The normalized spacial score (nSPS) is 23.0. The van der Waals surface area contributed by atoms with Gasteiger partial charge in [0.15, 0.2) is 0 Å². The van der Waals surface area contributed by atoms with E-state index in [-0.39, 0.29) is 19.4 Å². The van der Waals surface area contributed by atoms with Crippen molar-refractivity contribution in [3.05, 3.63) is 0 Å². The van der Waals surface area contributed by atoms with E-state index in [1.807, 2.05) is 0 Å². The molecular weight excluding hydrogens is 336 g/mol. The van der Waals surface area contributed by atoms with Crippen LogP contribution in [0.15, 0.2) is 0 Å². The van der Waals surface area contributed by atoms with Gasteiger partial charge in [0.1, 0.15) is 0 Å². The van der Waals surface area contributed by atoms with Crippen LogP contribution in [0.25, 0.3) is 0 Å². The summed E-state index contributed by atoms with van der Waals surface area (Å²) in [5, 5.41) is 0. The first-order valence-electron chi connectivity index (χ1n) is 11.2. The maximum atomic E-state index is 3.01. The second-order valence-electron chi connectivity index (χ2n) is 10.7. The van der Waals surface area contributed by atoms with E-state index >= 15 is 0 Å². The standard InChI is InChI=1S/C21H46N2Si2/c1-20(2,3)22(18-13-9-7-10-14-18)24-17-25-23(21(4,5)6)19-15-11-8-12-16-19/h18-19H,7-17,24-25H2,1-6H3. The van der Waals surface area contributed by atoms with Crippen LogP contribution >= 0.6 is 0 Å². The summed E-state index contributed by atoms with van der Waals surface area (Å²) in [5.74, 6) is 0. The summed E-state index contributed by atoms with van der Waals surface area (Å²) >= 11 is 0. The Morgan fingerprint density at radius 1 is 0.600 bits per heavy atom. The highest BCUT2D eigenvalue weighted by molar-refractivity contribution is 6.53. The molecule has 0 saturated heterocycles. The van der Waals surface area contributed by atoms with Gasteiger partial charge in [0.25, 0.3) is 0 Å². The zero-order chi connectivity index (χ0) is 18.5. The van der Waals surface area contributed by atoms with Crippen LogP contribution in [0.2, 0.25) is 5.67 Å². The Balaban J connectivity index is 1.93. The molecule has 0 amide bonds. The fourth-order valence-electron chi connectivity index (χ4n) is 5.33. The van der Waals surface area contributed by atoms with Crippen LogP contribution < -0.4 is 0 Å². The number of rotatable bonds is 6. The number of hydrogen-bond donors (Lipinski definition) is 0. The lowest BCUT2D eigenvalue weighted by Gasteiger charge is -2.46. The monoisotopic (exact) mass is 382 g/mol. The molecule has 2 fully saturated rings. The SMILES string of the molecule is CC(C)(C)N([SiH2]C[SiH2]N(C1CCCCC1)C(C)(C)C)C1CCCCC1. The lowest BCUT2D eigenvalue weighted by molar-refractivity contribution is 0.152. The molecule has 2 saturated carbocycles. The average molecular weight is 383 g/mol. The first-order valence-corrected chi connectivity index (χ1v) is 14.5. The van der Waals surface area contributed by atoms with E-state index in [1.54, 1.807) is 5.67 Å². The third-order valence-electron chi connectivity index (χ3n) is 6.55. The molecule has 0 atom stereocenters. The number of nitrogens with zero attached hydrogens (tertiary/aromatic N) is 2. The smallest absolute Gasteiger partial charge is 0.0941 e. The van der Waals surface area contributed by atoms with E-state index in [0.717, 1.165) is 12.1 Å². The first-order chi connectivity index (χ1) is 11.7. The van der Waals surface area contributed by atoms with Gasteiger partial charge in [0.05, 0.1) is 19.4 Å². The molecule has 0 spiro atoms. The second kappa shape index (κ2) is 9.52. The zero-order valence-corrected chi connectivity index (χ0v) is 21.1. The third kappa shape index (κ3) is 6.78. The van der Waals surface area contributed by atoms with E-state index in [9.17, 15) is 0 Å². The Bertz CT molecular complexity index is 338. The molecule has 0 aromatic heterocycles. The quantitative estimate of drug-likeness (QED) is 0.628. The molecular formula is C21H46N2Si2. The Labute approximate surface area is 163 Å². The summed E-state index contributed by atoms with van der Waals surface area (Å²) in [5.41, 5.74) is 2.38. The van der Waals surface area contributed by atoms with Crippen molar-refractivity contribution in [1.82, 2.24) is 9.13 Å². The molecule has 4 heteroatoms. The zero-order valence-electron chi connectivity index (χ0n) is 18.2. The van der Waals surface area contributed by atoms with Crippen molar-refractivity contribution in [3.63, 3.8) is 0 Å². The fraction of sp³-hybridized carbons (Fsp3) is 1.00. The van der Waals surface area contributed by atoms with E-state index in [1.165, 1.54) is 64.2 Å². The highest BCUT2D eigenvalue weighted by Crippen LogP contribution is 2.30. The summed E-state index contributed by atoms with van der Waals surface area (Å²) in [7, 11) is -0.213. The van der Waals surface area contributed by atoms with Gasteiger partial charge in [-0.3, -0.25) is 0 Å². The minimum Gasteiger partial charge on any atom is -0.322 e. The van der Waals surface area contributed by atoms with Crippen molar-refractivity contribution in [2.24, 2.45) is 0 Å². The fourth-order valence-corrected chi connectivity index (χ4v) is 11.4. The van der Waals surface area contributed by atoms with Crippen LogP contribution in [0.3, 0.4) is 0 Å². The molecule has 2 aliphatic rings. The van der Waals surface area contributed by atoms with E-state index < -0.39 is 0 Å². The van der Waals surface area contributed by atoms with E-state index in [0.29, 0.717) is 11.1 Å². The van der Waals surface area contributed by atoms with Crippen molar-refractivity contribution >= 4 is 19.4 Å². The lowest BCUT2D eigenvalue weighted by atomic mass is 9.93. The third-order valence-corrected chi connectivity index (χ3v) is 13.0. The van der Waals surface area contributed by atoms with Gasteiger partial charge in [0, 0.05) is 23.2 Å². The molecule has 0 aromatic rings. The molecule has 0 bridgehead atoms. The summed E-state index contributed by atoms with van der Waals surface area (Å²) in [6.07, 6.45) is 14.7. The molecule has 0 unspecified atom stereocenters. The van der Waals surface area contributed by atoms with Crippen molar-refractivity contribution in [1.29, 1.82) is 0 Å². The van der Waals surface area contributed by atoms with Crippen LogP contribution in [-0.2, 0) is 0 Å². The maximum absolute atomic E-state index is 3.01. The topological polar surface area (TPSA) is 6.48 Å². The van der Waals surface area contributed by atoms with Gasteiger partial charge < -0.3 is 9.13 Å². The van der Waals surface area contributed by atoms with Crippen molar-refractivity contribution < 1.29 is 0 Å². The lowest BCUT2D eigenvalue weighted by Crippen LogP contribution is -2.54. The Morgan fingerprint density at radius 2 is 0.920 bits per heavy atom. The summed E-state index contributed by atoms with van der Waals surface area (Å²) in [6, 6.07) is 1.82. The van der Waals surface area contributed by atoms with Gasteiger partial charge in [-0.15, -0.1) is 0 Å². The Kier molecular flexibility index (Phi) is 8.24. The minimum absolute atomic E-state index is 0.107. The number of hydrogen-bond acceptors (Lipinski definition) is 2. The molecule has 25 heavy (non-hydrogen) atoms. The molecule has 2 aliphatic carbocycles. The minimum atomic E-state index is -0.107. The molecule has 2 rings (SSSR count). The van der Waals surface area contributed by atoms with Gasteiger partial charge in [-0.25, -0.2) is 0 Å². The predicted molar refractivity (Wildman–Crippen MR) is 119 cm³/mol. The van der Waals surface area contributed by atoms with Crippen LogP contribution in [0.1, 0.15) is 106 Å². The van der Waals surface area contributed by atoms with Crippen LogP contribution in [0, 0.1) is 0 Å². The van der Waals surface area contributed by atoms with E-state index in [2.05, 4.69) is 50.7 Å². The summed E-state index contributed by atoms with van der Waals surface area (Å²) in [6.45, 7) is 14.8. The van der Waals surface area contributed by atoms with Crippen molar-refractivity contribution in [2.45, 2.75) is 135 Å². The molecule has 148 valence electrons. The van der Waals surface area contributed by atoms with E-state index in [4.69, 9.17) is 0 Å². The molecule has 0 heterocycles. The Morgan fingerprint density at radius 3 is 1.20 bits per heavy atom. The van der Waals surface area contributed by atoms with Gasteiger partial charge in [-0.1, -0.05) is 38.5 Å². The Hall–Kier alpha value is 0.354.